The third kappa shape index (κ3) is 4.73. The number of amides is 2. The van der Waals surface area contributed by atoms with Gasteiger partial charge in [0.2, 0.25) is 15.9 Å². The van der Waals surface area contributed by atoms with E-state index in [1.807, 2.05) is 31.7 Å². The van der Waals surface area contributed by atoms with Gasteiger partial charge in [-0.1, -0.05) is 13.0 Å². The standard InChI is InChI=1S/C25H31N3O5S/c1-4-15-33-21-8-6-20(7-9-21)28-24(29)17-23(25(28)30)26-11-13-27(14-12-26)34(31,32)22-10-5-18(2)19(3)16-22/h5-10,16,23H,4,11-15,17H2,1-3H3/t23-/m1/s1. The van der Waals surface area contributed by atoms with E-state index in [1.54, 1.807) is 36.4 Å². The van der Waals surface area contributed by atoms with Gasteiger partial charge in [0.05, 0.1) is 29.7 Å². The van der Waals surface area contributed by atoms with Crippen molar-refractivity contribution in [2.75, 3.05) is 37.7 Å². The zero-order valence-electron chi connectivity index (χ0n) is 19.9. The molecule has 2 aliphatic rings. The fraction of sp³-hybridized carbons (Fsp3) is 0.440. The SMILES string of the molecule is CCCOc1ccc(N2C(=O)C[C@@H](N3CCN(S(=O)(=O)c4ccc(C)c(C)c4)CC3)C2=O)cc1. The second-order valence-corrected chi connectivity index (χ2v) is 10.8. The molecule has 2 amide bonds. The molecule has 34 heavy (non-hydrogen) atoms. The van der Waals surface area contributed by atoms with Crippen molar-refractivity contribution in [1.82, 2.24) is 9.21 Å². The highest BCUT2D eigenvalue weighted by molar-refractivity contribution is 7.89. The highest BCUT2D eigenvalue weighted by atomic mass is 32.2. The number of carbonyl (C=O) groups excluding carboxylic acids is 2. The summed E-state index contributed by atoms with van der Waals surface area (Å²) in [4.78, 5) is 29.3. The first-order valence-electron chi connectivity index (χ1n) is 11.6. The van der Waals surface area contributed by atoms with Crippen LogP contribution in [0.2, 0.25) is 0 Å². The maximum atomic E-state index is 13.1. The van der Waals surface area contributed by atoms with E-state index in [1.165, 1.54) is 9.21 Å². The van der Waals surface area contributed by atoms with Crippen LogP contribution in [0.25, 0.3) is 0 Å². The van der Waals surface area contributed by atoms with Gasteiger partial charge >= 0.3 is 0 Å². The molecule has 2 aromatic carbocycles. The highest BCUT2D eigenvalue weighted by Gasteiger charge is 2.44. The Labute approximate surface area is 201 Å². The molecule has 0 spiro atoms. The second-order valence-electron chi connectivity index (χ2n) is 8.82. The number of nitrogens with zero attached hydrogens (tertiary/aromatic N) is 3. The van der Waals surface area contributed by atoms with Gasteiger partial charge < -0.3 is 4.74 Å². The van der Waals surface area contributed by atoms with E-state index >= 15 is 0 Å². The topological polar surface area (TPSA) is 87.2 Å². The van der Waals surface area contributed by atoms with Crippen molar-refractivity contribution >= 4 is 27.5 Å². The molecule has 0 unspecified atom stereocenters. The van der Waals surface area contributed by atoms with Crippen LogP contribution in [0, 0.1) is 13.8 Å². The number of rotatable bonds is 7. The quantitative estimate of drug-likeness (QED) is 0.561. The molecule has 9 heteroatoms. The Bertz CT molecular complexity index is 1170. The van der Waals surface area contributed by atoms with Crippen molar-refractivity contribution in [3.8, 4) is 5.75 Å². The number of hydrogen-bond donors (Lipinski definition) is 0. The zero-order chi connectivity index (χ0) is 24.5. The van der Waals surface area contributed by atoms with Crippen LogP contribution in [0.15, 0.2) is 47.4 Å². The van der Waals surface area contributed by atoms with E-state index in [4.69, 9.17) is 4.74 Å². The monoisotopic (exact) mass is 485 g/mol. The first-order chi connectivity index (χ1) is 16.2. The Balaban J connectivity index is 1.41. The third-order valence-corrected chi connectivity index (χ3v) is 8.42. The average Bonchev–Trinajstić information content (AvgIpc) is 3.13. The van der Waals surface area contributed by atoms with Crippen LogP contribution in [0.3, 0.4) is 0 Å². The molecule has 2 aromatic rings. The van der Waals surface area contributed by atoms with E-state index in [0.29, 0.717) is 31.1 Å². The molecule has 4 rings (SSSR count). The Morgan fingerprint density at radius 3 is 2.24 bits per heavy atom. The predicted molar refractivity (Wildman–Crippen MR) is 129 cm³/mol. The fourth-order valence-corrected chi connectivity index (χ4v) is 5.87. The van der Waals surface area contributed by atoms with Gasteiger partial charge in [-0.15, -0.1) is 0 Å². The van der Waals surface area contributed by atoms with E-state index in [-0.39, 0.29) is 36.2 Å². The summed E-state index contributed by atoms with van der Waals surface area (Å²) in [5, 5.41) is 0. The van der Waals surface area contributed by atoms with E-state index in [2.05, 4.69) is 0 Å². The molecule has 0 N–H and O–H groups in total. The van der Waals surface area contributed by atoms with Gasteiger partial charge in [-0.05, 0) is 67.8 Å². The molecule has 2 saturated heterocycles. The summed E-state index contributed by atoms with van der Waals surface area (Å²) in [6.45, 7) is 7.81. The summed E-state index contributed by atoms with van der Waals surface area (Å²) in [6.07, 6.45) is 0.989. The summed E-state index contributed by atoms with van der Waals surface area (Å²) in [5.41, 5.74) is 2.50. The molecular weight excluding hydrogens is 454 g/mol. The van der Waals surface area contributed by atoms with Gasteiger partial charge in [0.25, 0.3) is 5.91 Å². The highest BCUT2D eigenvalue weighted by Crippen LogP contribution is 2.29. The maximum Gasteiger partial charge on any atom is 0.251 e. The molecule has 2 aliphatic heterocycles. The van der Waals surface area contributed by atoms with Gasteiger partial charge in [0.1, 0.15) is 5.75 Å². The fourth-order valence-electron chi connectivity index (χ4n) is 4.36. The second kappa shape index (κ2) is 9.85. The number of piperazine rings is 1. The molecule has 0 aromatic heterocycles. The first kappa shape index (κ1) is 24.4. The van der Waals surface area contributed by atoms with Crippen LogP contribution >= 0.6 is 0 Å². The lowest BCUT2D eigenvalue weighted by Crippen LogP contribution is -2.53. The number of ether oxygens (including phenoxy) is 1. The first-order valence-corrected chi connectivity index (χ1v) is 13.1. The van der Waals surface area contributed by atoms with E-state index in [9.17, 15) is 18.0 Å². The Hall–Kier alpha value is -2.75. The molecule has 1 atom stereocenters. The van der Waals surface area contributed by atoms with Crippen molar-refractivity contribution in [3.63, 3.8) is 0 Å². The largest absolute Gasteiger partial charge is 0.494 e. The minimum absolute atomic E-state index is 0.0941. The normalized spacial score (nSPS) is 20.2. The lowest BCUT2D eigenvalue weighted by molar-refractivity contribution is -0.123. The maximum absolute atomic E-state index is 13.1. The summed E-state index contributed by atoms with van der Waals surface area (Å²) in [7, 11) is -3.60. The van der Waals surface area contributed by atoms with Gasteiger partial charge in [0.15, 0.2) is 0 Å². The van der Waals surface area contributed by atoms with Gasteiger partial charge in [0, 0.05) is 26.2 Å². The van der Waals surface area contributed by atoms with Gasteiger partial charge in [-0.2, -0.15) is 4.31 Å². The van der Waals surface area contributed by atoms with Crippen LogP contribution in [0.1, 0.15) is 30.9 Å². The van der Waals surface area contributed by atoms with Crippen LogP contribution in [0.4, 0.5) is 5.69 Å². The number of anilines is 1. The minimum atomic E-state index is -3.60. The zero-order valence-corrected chi connectivity index (χ0v) is 20.7. The number of sulfonamides is 1. The summed E-state index contributed by atoms with van der Waals surface area (Å²) in [6, 6.07) is 11.5. The molecule has 2 heterocycles. The summed E-state index contributed by atoms with van der Waals surface area (Å²) >= 11 is 0. The predicted octanol–water partition coefficient (Wildman–Crippen LogP) is 2.73. The number of benzene rings is 2. The van der Waals surface area contributed by atoms with Crippen LogP contribution in [0.5, 0.6) is 5.75 Å². The van der Waals surface area contributed by atoms with Gasteiger partial charge in [-0.3, -0.25) is 14.5 Å². The Morgan fingerprint density at radius 1 is 0.941 bits per heavy atom. The number of carbonyl (C=O) groups is 2. The third-order valence-electron chi connectivity index (χ3n) is 6.52. The van der Waals surface area contributed by atoms with Crippen LogP contribution < -0.4 is 9.64 Å². The van der Waals surface area contributed by atoms with Crippen molar-refractivity contribution in [2.24, 2.45) is 0 Å². The smallest absolute Gasteiger partial charge is 0.251 e. The molecule has 0 radical (unpaired) electrons. The lowest BCUT2D eigenvalue weighted by atomic mass is 10.1. The molecule has 182 valence electrons. The Kier molecular flexibility index (Phi) is 7.06. The molecule has 2 fully saturated rings. The molecule has 8 nitrogen and oxygen atoms in total. The number of imide groups is 1. The van der Waals surface area contributed by atoms with E-state index in [0.717, 1.165) is 17.5 Å². The van der Waals surface area contributed by atoms with Crippen LogP contribution in [-0.4, -0.2) is 68.3 Å². The van der Waals surface area contributed by atoms with Crippen LogP contribution in [-0.2, 0) is 19.6 Å². The lowest BCUT2D eigenvalue weighted by Gasteiger charge is -2.36. The van der Waals surface area contributed by atoms with Crippen molar-refractivity contribution in [3.05, 3.63) is 53.6 Å². The molecular formula is C25H31N3O5S. The number of hydrogen-bond acceptors (Lipinski definition) is 6. The molecule has 0 saturated carbocycles. The van der Waals surface area contributed by atoms with Crippen molar-refractivity contribution < 1.29 is 22.7 Å². The molecule has 0 aliphatic carbocycles. The summed E-state index contributed by atoms with van der Waals surface area (Å²) < 4.78 is 33.2. The molecule has 0 bridgehead atoms. The van der Waals surface area contributed by atoms with E-state index < -0.39 is 16.1 Å². The minimum Gasteiger partial charge on any atom is -0.494 e. The Morgan fingerprint density at radius 2 is 1.62 bits per heavy atom. The van der Waals surface area contributed by atoms with Crippen molar-refractivity contribution in [2.45, 2.75) is 44.6 Å². The van der Waals surface area contributed by atoms with Crippen molar-refractivity contribution in [1.29, 1.82) is 0 Å². The number of aryl methyl sites for hydroxylation is 2. The summed E-state index contributed by atoms with van der Waals surface area (Å²) in [5.74, 6) is 0.183. The van der Waals surface area contributed by atoms with Gasteiger partial charge in [-0.25, -0.2) is 13.3 Å². The average molecular weight is 486 g/mol.